The molecule has 6 nitrogen and oxygen atoms in total. The highest BCUT2D eigenvalue weighted by atomic mass is 16.4. The number of para-hydroxylation sites is 1. The summed E-state index contributed by atoms with van der Waals surface area (Å²) in [5.74, 6) is -2.58. The van der Waals surface area contributed by atoms with Gasteiger partial charge in [0.05, 0.1) is 11.3 Å². The third-order valence-corrected chi connectivity index (χ3v) is 2.96. The molecule has 6 heteroatoms. The zero-order valence-corrected chi connectivity index (χ0v) is 11.1. The third kappa shape index (κ3) is 2.27. The van der Waals surface area contributed by atoms with Crippen LogP contribution in [-0.2, 0) is 4.79 Å². The summed E-state index contributed by atoms with van der Waals surface area (Å²) in [6.07, 6.45) is 3.13. The first-order valence-corrected chi connectivity index (χ1v) is 6.10. The molecule has 0 bridgehead atoms. The van der Waals surface area contributed by atoms with Crippen molar-refractivity contribution in [1.82, 2.24) is 9.13 Å². The summed E-state index contributed by atoms with van der Waals surface area (Å²) in [6, 6.07) is 6.12. The predicted octanol–water partition coefficient (Wildman–Crippen LogP) is 1.49. The van der Waals surface area contributed by atoms with Gasteiger partial charge in [0.2, 0.25) is 0 Å². The maximum absolute atomic E-state index is 12.2. The molecule has 2 rings (SSSR count). The van der Waals surface area contributed by atoms with Gasteiger partial charge in [0.25, 0.3) is 5.78 Å². The first kappa shape index (κ1) is 13.8. The molecule has 2 aromatic rings. The third-order valence-electron chi connectivity index (χ3n) is 2.96. The number of hydrogen-bond acceptors (Lipinski definition) is 3. The molecule has 0 spiro atoms. The van der Waals surface area contributed by atoms with Gasteiger partial charge in [0.1, 0.15) is 0 Å². The summed E-state index contributed by atoms with van der Waals surface area (Å²) in [5, 5.41) is 8.83. The van der Waals surface area contributed by atoms with Gasteiger partial charge >= 0.3 is 11.7 Å². The van der Waals surface area contributed by atoms with E-state index in [4.69, 9.17) is 5.11 Å². The molecule has 20 heavy (non-hydrogen) atoms. The number of rotatable bonds is 4. The van der Waals surface area contributed by atoms with Crippen molar-refractivity contribution in [3.8, 4) is 5.69 Å². The van der Waals surface area contributed by atoms with Crippen LogP contribution in [0.3, 0.4) is 0 Å². The molecule has 1 aromatic heterocycles. The van der Waals surface area contributed by atoms with E-state index in [9.17, 15) is 14.4 Å². The number of benzene rings is 1. The summed E-state index contributed by atoms with van der Waals surface area (Å²) in [4.78, 5) is 34.7. The molecule has 0 aliphatic carbocycles. The Morgan fingerprint density at radius 1 is 1.15 bits per heavy atom. The lowest BCUT2D eigenvalue weighted by molar-refractivity contribution is -0.131. The van der Waals surface area contributed by atoms with Gasteiger partial charge in [-0.15, -0.1) is 0 Å². The molecule has 0 atom stereocenters. The Kier molecular flexibility index (Phi) is 3.56. The van der Waals surface area contributed by atoms with Crippen LogP contribution in [0.15, 0.2) is 41.5 Å². The Labute approximate surface area is 114 Å². The van der Waals surface area contributed by atoms with Crippen molar-refractivity contribution in [1.29, 1.82) is 0 Å². The van der Waals surface area contributed by atoms with Crippen LogP contribution >= 0.6 is 0 Å². The maximum Gasteiger partial charge on any atom is 0.377 e. The molecule has 0 unspecified atom stereocenters. The summed E-state index contributed by atoms with van der Waals surface area (Å²) >= 11 is 0. The van der Waals surface area contributed by atoms with E-state index in [2.05, 4.69) is 0 Å². The smallest absolute Gasteiger partial charge is 0.377 e. The fourth-order valence-electron chi connectivity index (χ4n) is 1.96. The van der Waals surface area contributed by atoms with E-state index >= 15 is 0 Å². The Balaban J connectivity index is 2.63. The molecule has 0 saturated carbocycles. The monoisotopic (exact) mass is 274 g/mol. The molecule has 0 aliphatic heterocycles. The van der Waals surface area contributed by atoms with Gasteiger partial charge in [-0.05, 0) is 26.0 Å². The van der Waals surface area contributed by atoms with E-state index in [1.165, 1.54) is 21.4 Å². The lowest BCUT2D eigenvalue weighted by Crippen LogP contribution is -2.26. The van der Waals surface area contributed by atoms with Gasteiger partial charge in [-0.3, -0.25) is 13.9 Å². The summed E-state index contributed by atoms with van der Waals surface area (Å²) in [7, 11) is 0. The number of carbonyl (C=O) groups is 2. The molecule has 0 fully saturated rings. The second-order valence-corrected chi connectivity index (χ2v) is 4.60. The van der Waals surface area contributed by atoms with Crippen LogP contribution in [0, 0.1) is 0 Å². The molecule has 0 radical (unpaired) electrons. The van der Waals surface area contributed by atoms with E-state index < -0.39 is 11.8 Å². The van der Waals surface area contributed by atoms with Gasteiger partial charge in [-0.2, -0.15) is 0 Å². The van der Waals surface area contributed by atoms with E-state index in [1.807, 2.05) is 13.8 Å². The molecule has 104 valence electrons. The minimum Gasteiger partial charge on any atom is -0.475 e. The zero-order valence-electron chi connectivity index (χ0n) is 11.1. The summed E-state index contributed by atoms with van der Waals surface area (Å²) < 4.78 is 2.78. The number of Topliss-reactive ketones (excluding diaryl/α,β-unsaturated/α-hetero) is 1. The minimum absolute atomic E-state index is 0.0105. The minimum atomic E-state index is -1.55. The van der Waals surface area contributed by atoms with Crippen LogP contribution in [0.4, 0.5) is 0 Å². The maximum atomic E-state index is 12.2. The Hall–Kier alpha value is -2.63. The second-order valence-electron chi connectivity index (χ2n) is 4.60. The quantitative estimate of drug-likeness (QED) is 0.676. The number of carbonyl (C=O) groups excluding carboxylic acids is 1. The molecule has 0 amide bonds. The second kappa shape index (κ2) is 5.16. The highest BCUT2D eigenvalue weighted by Gasteiger charge is 2.20. The molecular formula is C14H14N2O4. The topological polar surface area (TPSA) is 81.3 Å². The van der Waals surface area contributed by atoms with Crippen LogP contribution < -0.4 is 5.69 Å². The van der Waals surface area contributed by atoms with Crippen LogP contribution in [0.2, 0.25) is 0 Å². The number of aromatic nitrogens is 2. The molecule has 0 saturated heterocycles. The number of aliphatic carboxylic acids is 1. The number of carboxylic acids is 1. The number of nitrogens with zero attached hydrogens (tertiary/aromatic N) is 2. The molecule has 1 N–H and O–H groups in total. The van der Waals surface area contributed by atoms with Crippen LogP contribution in [0.25, 0.3) is 5.69 Å². The van der Waals surface area contributed by atoms with Crippen molar-refractivity contribution in [2.24, 2.45) is 0 Å². The largest absolute Gasteiger partial charge is 0.475 e. The van der Waals surface area contributed by atoms with Crippen molar-refractivity contribution >= 4 is 11.8 Å². The van der Waals surface area contributed by atoms with Gasteiger partial charge in [0.15, 0.2) is 0 Å². The number of hydrogen-bond donors (Lipinski definition) is 1. The Morgan fingerprint density at radius 3 is 2.35 bits per heavy atom. The first-order valence-electron chi connectivity index (χ1n) is 6.10. The van der Waals surface area contributed by atoms with Crippen molar-refractivity contribution in [3.05, 3.63) is 52.7 Å². The van der Waals surface area contributed by atoms with Crippen molar-refractivity contribution in [2.75, 3.05) is 0 Å². The Morgan fingerprint density at radius 2 is 1.80 bits per heavy atom. The summed E-state index contributed by atoms with van der Waals surface area (Å²) in [5.41, 5.74) is -0.0569. The fraction of sp³-hybridized carbons (Fsp3) is 0.214. The van der Waals surface area contributed by atoms with Crippen LogP contribution in [0.5, 0.6) is 0 Å². The summed E-state index contributed by atoms with van der Waals surface area (Å²) in [6.45, 7) is 3.72. The SMILES string of the molecule is CC(C)n1ccn(-c2ccccc2C(=O)C(=O)O)c1=O. The van der Waals surface area contributed by atoms with Crippen molar-refractivity contribution in [3.63, 3.8) is 0 Å². The van der Waals surface area contributed by atoms with Gasteiger partial charge in [0, 0.05) is 18.4 Å². The predicted molar refractivity (Wildman–Crippen MR) is 72.4 cm³/mol. The standard InChI is InChI=1S/C14H14N2O4/c1-9(2)15-7-8-16(14(15)20)11-6-4-3-5-10(11)12(17)13(18)19/h3-9H,1-2H3,(H,18,19). The molecule has 1 aromatic carbocycles. The van der Waals surface area contributed by atoms with Crippen LogP contribution in [0.1, 0.15) is 30.2 Å². The highest BCUT2D eigenvalue weighted by Crippen LogP contribution is 2.14. The Bertz CT molecular complexity index is 725. The van der Waals surface area contributed by atoms with E-state index in [1.54, 1.807) is 24.4 Å². The molecular weight excluding hydrogens is 260 g/mol. The van der Waals surface area contributed by atoms with E-state index in [0.29, 0.717) is 0 Å². The average Bonchev–Trinajstić information content (AvgIpc) is 2.79. The van der Waals surface area contributed by atoms with Gasteiger partial charge < -0.3 is 5.11 Å². The zero-order chi connectivity index (χ0) is 14.9. The lowest BCUT2D eigenvalue weighted by atomic mass is 10.1. The first-order chi connectivity index (χ1) is 9.43. The number of ketones is 1. The highest BCUT2D eigenvalue weighted by molar-refractivity contribution is 6.40. The van der Waals surface area contributed by atoms with E-state index in [0.717, 1.165) is 0 Å². The van der Waals surface area contributed by atoms with E-state index in [-0.39, 0.29) is 23.0 Å². The normalized spacial score (nSPS) is 10.8. The lowest BCUT2D eigenvalue weighted by Gasteiger charge is -2.08. The van der Waals surface area contributed by atoms with Crippen molar-refractivity contribution < 1.29 is 14.7 Å². The number of imidazole rings is 1. The average molecular weight is 274 g/mol. The number of carboxylic acid groups (broad SMARTS) is 1. The van der Waals surface area contributed by atoms with Gasteiger partial charge in [-0.25, -0.2) is 9.59 Å². The molecule has 0 aliphatic rings. The van der Waals surface area contributed by atoms with Gasteiger partial charge in [-0.1, -0.05) is 12.1 Å². The fourth-order valence-corrected chi connectivity index (χ4v) is 1.96. The van der Waals surface area contributed by atoms with Crippen molar-refractivity contribution in [2.45, 2.75) is 19.9 Å². The van der Waals surface area contributed by atoms with Crippen LogP contribution in [-0.4, -0.2) is 26.0 Å². The molecule has 1 heterocycles.